The van der Waals surface area contributed by atoms with E-state index in [1.807, 2.05) is 30.6 Å². The Hall–Kier alpha value is -4.25. The molecule has 3 heterocycles. The Bertz CT molecular complexity index is 1740. The number of hydrogen-bond donors (Lipinski definition) is 0. The number of esters is 1. The third kappa shape index (κ3) is 4.85. The lowest BCUT2D eigenvalue weighted by Gasteiger charge is -2.11. The number of aromatic nitrogens is 4. The summed E-state index contributed by atoms with van der Waals surface area (Å²) in [5.74, 6) is -1.14. The molecule has 0 fully saturated rings. The van der Waals surface area contributed by atoms with E-state index in [4.69, 9.17) is 9.72 Å². The molecule has 11 heteroatoms. The molecule has 6 nitrogen and oxygen atoms in total. The lowest BCUT2D eigenvalue weighted by molar-refractivity contribution is -0.137. The summed E-state index contributed by atoms with van der Waals surface area (Å²) in [6.07, 6.45) is -2.54. The topological polar surface area (TPSA) is 61.9 Å². The lowest BCUT2D eigenvalue weighted by atomic mass is 10.0. The molecule has 0 amide bonds. The highest BCUT2D eigenvalue weighted by molar-refractivity contribution is 7.20. The van der Waals surface area contributed by atoms with E-state index in [1.165, 1.54) is 53.5 Å². The molecule has 39 heavy (non-hydrogen) atoms. The van der Waals surface area contributed by atoms with E-state index in [-0.39, 0.29) is 5.69 Å². The van der Waals surface area contributed by atoms with Crippen molar-refractivity contribution < 1.29 is 27.1 Å². The molecule has 5 rings (SSSR count). The lowest BCUT2D eigenvalue weighted by Crippen LogP contribution is -2.11. The summed E-state index contributed by atoms with van der Waals surface area (Å²) >= 11 is 1.21. The van der Waals surface area contributed by atoms with Crippen molar-refractivity contribution in [3.63, 3.8) is 0 Å². The number of hydrogen-bond acceptors (Lipinski definition) is 5. The number of aryl methyl sites for hydroxylation is 1. The summed E-state index contributed by atoms with van der Waals surface area (Å²) in [6, 6.07) is 12.5. The van der Waals surface area contributed by atoms with Gasteiger partial charge in [0.1, 0.15) is 16.2 Å². The van der Waals surface area contributed by atoms with Gasteiger partial charge in [-0.2, -0.15) is 23.0 Å². The molecule has 0 N–H and O–H groups in total. The van der Waals surface area contributed by atoms with Crippen LogP contribution < -0.4 is 0 Å². The molecule has 0 aliphatic carbocycles. The second-order valence-corrected chi connectivity index (χ2v) is 10.0. The number of allylic oxidation sites excluding steroid dienone is 1. The van der Waals surface area contributed by atoms with Gasteiger partial charge in [-0.15, -0.1) is 0 Å². The summed E-state index contributed by atoms with van der Waals surface area (Å²) < 4.78 is 61.8. The molecule has 0 spiro atoms. The summed E-state index contributed by atoms with van der Waals surface area (Å²) in [6.45, 7) is 5.53. The number of benzene rings is 2. The molecule has 0 unspecified atom stereocenters. The van der Waals surface area contributed by atoms with E-state index in [0.717, 1.165) is 23.4 Å². The van der Waals surface area contributed by atoms with Gasteiger partial charge in [0.05, 0.1) is 18.4 Å². The largest absolute Gasteiger partial charge is 0.464 e. The summed E-state index contributed by atoms with van der Waals surface area (Å²) in [4.78, 5) is 18.3. The first-order valence-electron chi connectivity index (χ1n) is 11.8. The third-order valence-electron chi connectivity index (χ3n) is 5.99. The van der Waals surface area contributed by atoms with Crippen LogP contribution in [0.2, 0.25) is 0 Å². The van der Waals surface area contributed by atoms with E-state index in [2.05, 4.69) is 5.10 Å². The van der Waals surface area contributed by atoms with E-state index in [1.54, 1.807) is 13.0 Å². The van der Waals surface area contributed by atoms with Crippen LogP contribution in [0.1, 0.15) is 41.3 Å². The van der Waals surface area contributed by atoms with Gasteiger partial charge in [0.25, 0.3) is 0 Å². The quantitative estimate of drug-likeness (QED) is 0.166. The molecular formula is C28H22F4N4O2S. The minimum Gasteiger partial charge on any atom is -0.464 e. The van der Waals surface area contributed by atoms with Gasteiger partial charge in [-0.25, -0.2) is 14.2 Å². The van der Waals surface area contributed by atoms with Gasteiger partial charge in [0.2, 0.25) is 5.13 Å². The standard InChI is InChI=1S/C28H22F4N4O2S/c1-15(2)12-21-14-22-25(35(21)20-10-8-18(9-11-20)28(30,31)32)39-27(33-22)36-24(26(37)38-4)23(16(3)34-36)17-6-5-7-19(29)13-17/h5-14H,1-4H3. The Morgan fingerprint density at radius 2 is 1.79 bits per heavy atom. The van der Waals surface area contributed by atoms with Crippen molar-refractivity contribution >= 4 is 33.7 Å². The van der Waals surface area contributed by atoms with Crippen LogP contribution >= 0.6 is 11.3 Å². The molecular weight excluding hydrogens is 532 g/mol. The monoisotopic (exact) mass is 554 g/mol. The molecule has 0 saturated carbocycles. The SMILES string of the molecule is COC(=O)c1c(-c2cccc(F)c2)c(C)nn1-c1nc2cc(C=C(C)C)n(-c3ccc(C(F)(F)F)cc3)c2s1. The highest BCUT2D eigenvalue weighted by Crippen LogP contribution is 2.36. The Kier molecular flexibility index (Phi) is 6.63. The average molecular weight is 555 g/mol. The van der Waals surface area contributed by atoms with E-state index >= 15 is 0 Å². The smallest absolute Gasteiger partial charge is 0.416 e. The van der Waals surface area contributed by atoms with Crippen LogP contribution in [-0.2, 0) is 10.9 Å². The summed E-state index contributed by atoms with van der Waals surface area (Å²) in [5.41, 5.74) is 3.49. The van der Waals surface area contributed by atoms with Crippen LogP contribution in [0.5, 0.6) is 0 Å². The molecule has 0 atom stereocenters. The zero-order valence-electron chi connectivity index (χ0n) is 21.3. The zero-order valence-corrected chi connectivity index (χ0v) is 22.1. The summed E-state index contributed by atoms with van der Waals surface area (Å²) in [5, 5.41) is 4.88. The van der Waals surface area contributed by atoms with Gasteiger partial charge in [0.15, 0.2) is 5.69 Å². The number of ether oxygens (including phenoxy) is 1. The first-order valence-corrected chi connectivity index (χ1v) is 12.6. The molecule has 0 aliphatic rings. The number of alkyl halides is 3. The van der Waals surface area contributed by atoms with E-state index in [0.29, 0.717) is 38.0 Å². The van der Waals surface area contributed by atoms with Gasteiger partial charge in [-0.05, 0) is 74.9 Å². The predicted octanol–water partition coefficient (Wildman–Crippen LogP) is 7.62. The third-order valence-corrected chi connectivity index (χ3v) is 7.02. The van der Waals surface area contributed by atoms with Gasteiger partial charge in [-0.1, -0.05) is 29.0 Å². The fraction of sp³-hybridized carbons (Fsp3) is 0.179. The maximum absolute atomic E-state index is 14.0. The van der Waals surface area contributed by atoms with Crippen LogP contribution in [0.3, 0.4) is 0 Å². The highest BCUT2D eigenvalue weighted by atomic mass is 32.1. The number of fused-ring (bicyclic) bond motifs is 1. The Labute approximate surface area is 224 Å². The van der Waals surface area contributed by atoms with Crippen LogP contribution in [0.25, 0.3) is 38.4 Å². The van der Waals surface area contributed by atoms with Crippen molar-refractivity contribution in [3.8, 4) is 21.9 Å². The molecule has 0 aliphatic heterocycles. The van der Waals surface area contributed by atoms with Gasteiger partial charge >= 0.3 is 12.1 Å². The van der Waals surface area contributed by atoms with Crippen molar-refractivity contribution in [2.24, 2.45) is 0 Å². The number of rotatable bonds is 5. The first kappa shape index (κ1) is 26.4. The van der Waals surface area contributed by atoms with Crippen LogP contribution in [0.15, 0.2) is 60.2 Å². The Balaban J connectivity index is 1.71. The number of nitrogens with zero attached hydrogens (tertiary/aromatic N) is 4. The van der Waals surface area contributed by atoms with Crippen molar-refractivity contribution in [3.05, 3.63) is 88.6 Å². The zero-order chi connectivity index (χ0) is 28.1. The fourth-order valence-corrected chi connectivity index (χ4v) is 5.43. The molecule has 0 bridgehead atoms. The predicted molar refractivity (Wildman–Crippen MR) is 142 cm³/mol. The Morgan fingerprint density at radius 1 is 1.08 bits per heavy atom. The molecule has 3 aromatic heterocycles. The van der Waals surface area contributed by atoms with Gasteiger partial charge < -0.3 is 4.74 Å². The summed E-state index contributed by atoms with van der Waals surface area (Å²) in [7, 11) is 1.24. The maximum Gasteiger partial charge on any atom is 0.416 e. The number of carbonyl (C=O) groups excluding carboxylic acids is 1. The molecule has 5 aromatic rings. The molecule has 2 aromatic carbocycles. The minimum atomic E-state index is -4.45. The number of thiazole rings is 1. The molecule has 200 valence electrons. The van der Waals surface area contributed by atoms with Crippen LogP contribution in [-0.4, -0.2) is 32.4 Å². The fourth-order valence-electron chi connectivity index (χ4n) is 4.39. The van der Waals surface area contributed by atoms with Crippen molar-refractivity contribution in [2.75, 3.05) is 7.11 Å². The second-order valence-electron chi connectivity index (χ2n) is 9.08. The van der Waals surface area contributed by atoms with Crippen LogP contribution in [0, 0.1) is 12.7 Å². The van der Waals surface area contributed by atoms with Crippen molar-refractivity contribution in [1.82, 2.24) is 19.3 Å². The van der Waals surface area contributed by atoms with Crippen molar-refractivity contribution in [2.45, 2.75) is 26.9 Å². The maximum atomic E-state index is 14.0. The molecule has 0 saturated heterocycles. The minimum absolute atomic E-state index is 0.0857. The normalized spacial score (nSPS) is 11.7. The van der Waals surface area contributed by atoms with Crippen LogP contribution in [0.4, 0.5) is 17.6 Å². The second kappa shape index (κ2) is 9.81. The van der Waals surface area contributed by atoms with Gasteiger partial charge in [0, 0.05) is 16.9 Å². The van der Waals surface area contributed by atoms with Gasteiger partial charge in [-0.3, -0.25) is 4.57 Å². The van der Waals surface area contributed by atoms with E-state index < -0.39 is 23.5 Å². The van der Waals surface area contributed by atoms with E-state index in [9.17, 15) is 22.4 Å². The number of methoxy groups -OCH3 is 1. The van der Waals surface area contributed by atoms with Crippen molar-refractivity contribution in [1.29, 1.82) is 0 Å². The average Bonchev–Trinajstić information content (AvgIpc) is 3.53. The first-order chi connectivity index (χ1) is 18.5. The molecule has 0 radical (unpaired) electrons. The highest BCUT2D eigenvalue weighted by Gasteiger charge is 2.30. The Morgan fingerprint density at radius 3 is 2.41 bits per heavy atom. The number of carbonyl (C=O) groups is 1. The number of halogens is 4.